The van der Waals surface area contributed by atoms with Gasteiger partial charge in [0.05, 0.1) is 4.92 Å². The van der Waals surface area contributed by atoms with Crippen LogP contribution in [0.1, 0.15) is 16.7 Å². The van der Waals surface area contributed by atoms with Gasteiger partial charge in [-0.15, -0.1) is 0 Å². The maximum atomic E-state index is 10.9. The molecule has 1 aromatic rings. The van der Waals surface area contributed by atoms with Crippen LogP contribution in [-0.2, 0) is 16.0 Å². The predicted octanol–water partition coefficient (Wildman–Crippen LogP) is 4.28. The molecule has 0 radical (unpaired) electrons. The van der Waals surface area contributed by atoms with Gasteiger partial charge in [0.15, 0.2) is 0 Å². The number of alkyl halides is 3. The van der Waals surface area contributed by atoms with Crippen molar-refractivity contribution in [3.05, 3.63) is 38.9 Å². The summed E-state index contributed by atoms with van der Waals surface area (Å²) in [6, 6.07) is 3.68. The van der Waals surface area contributed by atoms with Gasteiger partial charge in [-0.05, 0) is 17.7 Å². The summed E-state index contributed by atoms with van der Waals surface area (Å²) in [6.07, 6.45) is 0. The predicted molar refractivity (Wildman–Crippen MR) is 71.0 cm³/mol. The Bertz CT molecular complexity index is 357. The second-order valence-electron chi connectivity index (χ2n) is 2.92. The Hall–Kier alpha value is 0.0600. The first-order valence-corrected chi connectivity index (χ1v) is 7.47. The Labute approximate surface area is 113 Å². The fourth-order valence-electron chi connectivity index (χ4n) is 1.35. The molecule has 0 spiro atoms. The lowest BCUT2D eigenvalue weighted by molar-refractivity contribution is -0.386. The third-order valence-electron chi connectivity index (χ3n) is 1.95. The number of rotatable bonds is 4. The molecule has 0 heterocycles. The molecule has 1 rings (SSSR count). The highest BCUT2D eigenvalue weighted by molar-refractivity contribution is 9.09. The molecule has 0 N–H and O–H groups in total. The lowest BCUT2D eigenvalue weighted by Gasteiger charge is -2.06. The minimum absolute atomic E-state index is 0.202. The molecule has 0 aliphatic carbocycles. The number of nitro benzene ring substituents is 1. The van der Waals surface area contributed by atoms with Crippen LogP contribution in [0.5, 0.6) is 0 Å². The van der Waals surface area contributed by atoms with Gasteiger partial charge in [0.25, 0.3) is 5.69 Å². The van der Waals surface area contributed by atoms with E-state index >= 15 is 0 Å². The summed E-state index contributed by atoms with van der Waals surface area (Å²) in [5.41, 5.74) is 2.68. The molecule has 0 amide bonds. The van der Waals surface area contributed by atoms with Gasteiger partial charge in [0, 0.05) is 27.1 Å². The van der Waals surface area contributed by atoms with Crippen LogP contribution in [0.15, 0.2) is 12.1 Å². The fraction of sp³-hybridized carbons (Fsp3) is 0.333. The fourth-order valence-corrected chi connectivity index (χ4v) is 2.53. The Kier molecular flexibility index (Phi) is 5.22. The van der Waals surface area contributed by atoms with Crippen LogP contribution in [0.2, 0.25) is 0 Å². The second kappa shape index (κ2) is 5.96. The Morgan fingerprint density at radius 3 is 1.80 bits per heavy atom. The van der Waals surface area contributed by atoms with Crippen LogP contribution >= 0.6 is 47.8 Å². The zero-order valence-electron chi connectivity index (χ0n) is 7.67. The van der Waals surface area contributed by atoms with E-state index in [1.165, 1.54) is 0 Å². The highest BCUT2D eigenvalue weighted by Gasteiger charge is 2.19. The molecule has 15 heavy (non-hydrogen) atoms. The Balaban J connectivity index is 3.39. The van der Waals surface area contributed by atoms with Crippen LogP contribution in [0.3, 0.4) is 0 Å². The molecular weight excluding hydrogens is 394 g/mol. The van der Waals surface area contributed by atoms with Gasteiger partial charge in [-0.1, -0.05) is 47.8 Å². The summed E-state index contributed by atoms with van der Waals surface area (Å²) >= 11 is 9.88. The summed E-state index contributed by atoms with van der Waals surface area (Å²) in [7, 11) is 0. The number of hydrogen-bond acceptors (Lipinski definition) is 2. The summed E-state index contributed by atoms with van der Waals surface area (Å²) in [5.74, 6) is 0. The number of hydrogen-bond donors (Lipinski definition) is 0. The molecule has 3 nitrogen and oxygen atoms in total. The number of benzene rings is 1. The highest BCUT2D eigenvalue weighted by atomic mass is 79.9. The van der Waals surface area contributed by atoms with Crippen molar-refractivity contribution in [3.63, 3.8) is 0 Å². The van der Waals surface area contributed by atoms with Crippen molar-refractivity contribution in [2.24, 2.45) is 0 Å². The quantitative estimate of drug-likeness (QED) is 0.429. The van der Waals surface area contributed by atoms with Gasteiger partial charge in [-0.2, -0.15) is 0 Å². The smallest absolute Gasteiger partial charge is 0.258 e. The molecule has 82 valence electrons. The van der Waals surface area contributed by atoms with Crippen LogP contribution in [0.4, 0.5) is 5.69 Å². The molecule has 0 atom stereocenters. The van der Waals surface area contributed by atoms with Gasteiger partial charge in [0.2, 0.25) is 0 Å². The number of nitro groups is 1. The lowest BCUT2D eigenvalue weighted by Crippen LogP contribution is -1.99. The van der Waals surface area contributed by atoms with Crippen LogP contribution in [0.25, 0.3) is 0 Å². The lowest BCUT2D eigenvalue weighted by atomic mass is 10.1. The standard InChI is InChI=1S/C9H8Br3NO2/c10-3-6-1-7(4-11)9(13(14)15)8(2-6)5-12/h1-2H,3-5H2. The molecule has 1 aromatic carbocycles. The van der Waals surface area contributed by atoms with E-state index in [1.807, 2.05) is 12.1 Å². The van der Waals surface area contributed by atoms with Gasteiger partial charge in [0.1, 0.15) is 0 Å². The van der Waals surface area contributed by atoms with E-state index in [4.69, 9.17) is 0 Å². The van der Waals surface area contributed by atoms with E-state index < -0.39 is 0 Å². The normalized spacial score (nSPS) is 10.3. The Morgan fingerprint density at radius 2 is 1.53 bits per heavy atom. The monoisotopic (exact) mass is 399 g/mol. The summed E-state index contributed by atoms with van der Waals surface area (Å²) < 4.78 is 0. The summed E-state index contributed by atoms with van der Waals surface area (Å²) in [5, 5.41) is 12.6. The molecular formula is C9H8Br3NO2. The SMILES string of the molecule is O=[N+]([O-])c1c(CBr)cc(CBr)cc1CBr. The van der Waals surface area contributed by atoms with Gasteiger partial charge >= 0.3 is 0 Å². The molecule has 6 heteroatoms. The second-order valence-corrected chi connectivity index (χ2v) is 4.60. The number of halogens is 3. The van der Waals surface area contributed by atoms with E-state index in [1.54, 1.807) is 0 Å². The molecule has 0 unspecified atom stereocenters. The van der Waals surface area contributed by atoms with E-state index in [9.17, 15) is 10.1 Å². The third kappa shape index (κ3) is 3.01. The van der Waals surface area contributed by atoms with Crippen molar-refractivity contribution in [1.82, 2.24) is 0 Å². The van der Waals surface area contributed by atoms with E-state index in [2.05, 4.69) is 47.8 Å². The van der Waals surface area contributed by atoms with Crippen molar-refractivity contribution < 1.29 is 4.92 Å². The maximum absolute atomic E-state index is 10.9. The highest BCUT2D eigenvalue weighted by Crippen LogP contribution is 2.30. The van der Waals surface area contributed by atoms with Crippen molar-refractivity contribution in [3.8, 4) is 0 Å². The maximum Gasteiger partial charge on any atom is 0.277 e. The van der Waals surface area contributed by atoms with Crippen LogP contribution < -0.4 is 0 Å². The first-order valence-electron chi connectivity index (χ1n) is 4.11. The number of nitrogens with zero attached hydrogens (tertiary/aromatic N) is 1. The Morgan fingerprint density at radius 1 is 1.07 bits per heavy atom. The van der Waals surface area contributed by atoms with Crippen molar-refractivity contribution in [2.75, 3.05) is 0 Å². The van der Waals surface area contributed by atoms with Crippen LogP contribution in [0, 0.1) is 10.1 Å². The van der Waals surface area contributed by atoms with Crippen molar-refractivity contribution >= 4 is 53.5 Å². The zero-order valence-corrected chi connectivity index (χ0v) is 12.4. The van der Waals surface area contributed by atoms with Gasteiger partial charge in [-0.25, -0.2) is 0 Å². The molecule has 0 aliphatic heterocycles. The summed E-state index contributed by atoms with van der Waals surface area (Å²) in [4.78, 5) is 10.6. The van der Waals surface area contributed by atoms with Crippen LogP contribution in [-0.4, -0.2) is 4.92 Å². The molecule has 0 saturated heterocycles. The van der Waals surface area contributed by atoms with Gasteiger partial charge in [-0.3, -0.25) is 10.1 Å². The van der Waals surface area contributed by atoms with E-state index in [0.717, 1.165) is 5.56 Å². The first kappa shape index (κ1) is 13.1. The molecule has 0 saturated carbocycles. The zero-order chi connectivity index (χ0) is 11.4. The first-order chi connectivity index (χ1) is 7.13. The molecule has 0 bridgehead atoms. The minimum Gasteiger partial charge on any atom is -0.258 e. The molecule has 0 aliphatic rings. The molecule has 0 fully saturated rings. The minimum atomic E-state index is -0.328. The molecule has 0 aromatic heterocycles. The summed E-state index contributed by atoms with van der Waals surface area (Å²) in [6.45, 7) is 0. The van der Waals surface area contributed by atoms with Gasteiger partial charge < -0.3 is 0 Å². The van der Waals surface area contributed by atoms with E-state index in [0.29, 0.717) is 27.1 Å². The average Bonchev–Trinajstić information content (AvgIpc) is 2.26. The largest absolute Gasteiger partial charge is 0.277 e. The average molecular weight is 402 g/mol. The van der Waals surface area contributed by atoms with Crippen molar-refractivity contribution in [1.29, 1.82) is 0 Å². The topological polar surface area (TPSA) is 43.1 Å². The van der Waals surface area contributed by atoms with Crippen molar-refractivity contribution in [2.45, 2.75) is 16.0 Å². The van der Waals surface area contributed by atoms with E-state index in [-0.39, 0.29) is 10.6 Å². The third-order valence-corrected chi connectivity index (χ3v) is 3.81.